The molecule has 0 aromatic rings. The Morgan fingerprint density at radius 2 is 1.88 bits per heavy atom. The molecule has 0 aliphatic carbocycles. The molecule has 0 aromatic heterocycles. The first-order valence-corrected chi connectivity index (χ1v) is 4.93. The minimum atomic E-state index is -0.353. The van der Waals surface area contributed by atoms with E-state index in [1.165, 1.54) is 4.90 Å². The monoisotopic (exact) mass is 340 g/mol. The molecule has 0 saturated carbocycles. The summed E-state index contributed by atoms with van der Waals surface area (Å²) in [5, 5.41) is 0. The van der Waals surface area contributed by atoms with Gasteiger partial charge >= 0.3 is 6.03 Å². The van der Waals surface area contributed by atoms with E-state index in [4.69, 9.17) is 5.73 Å². The molecule has 0 bridgehead atoms. The number of alkyl halides is 2. The number of carbonyl (C=O) groups is 1. The molecule has 0 radical (unpaired) electrons. The molecular formula is C3H6I2N2O. The Hall–Kier alpha value is 0.730. The Morgan fingerprint density at radius 3 is 1.88 bits per heavy atom. The molecule has 0 unspecified atom stereocenters. The van der Waals surface area contributed by atoms with Crippen LogP contribution in [0.5, 0.6) is 0 Å². The van der Waals surface area contributed by atoms with Crippen molar-refractivity contribution >= 4 is 51.2 Å². The van der Waals surface area contributed by atoms with E-state index in [0.717, 1.165) is 0 Å². The topological polar surface area (TPSA) is 46.3 Å². The van der Waals surface area contributed by atoms with Crippen molar-refractivity contribution in [3.63, 3.8) is 0 Å². The molecule has 3 nitrogen and oxygen atoms in total. The summed E-state index contributed by atoms with van der Waals surface area (Å²) in [6.07, 6.45) is 0. The quantitative estimate of drug-likeness (QED) is 0.458. The number of amides is 2. The predicted octanol–water partition coefficient (Wildman–Crippen LogP) is 1.15. The maximum atomic E-state index is 10.3. The molecule has 2 amide bonds. The van der Waals surface area contributed by atoms with Crippen LogP contribution in [0.2, 0.25) is 0 Å². The number of hydrogen-bond acceptors (Lipinski definition) is 1. The van der Waals surface area contributed by atoms with E-state index in [1.54, 1.807) is 0 Å². The number of carbonyl (C=O) groups excluding carboxylic acids is 1. The fraction of sp³-hybridized carbons (Fsp3) is 0.667. The van der Waals surface area contributed by atoms with Crippen molar-refractivity contribution in [3.8, 4) is 0 Å². The van der Waals surface area contributed by atoms with Crippen LogP contribution in [-0.2, 0) is 0 Å². The van der Waals surface area contributed by atoms with Gasteiger partial charge in [-0.1, -0.05) is 45.2 Å². The van der Waals surface area contributed by atoms with E-state index in [-0.39, 0.29) is 6.03 Å². The number of hydrogen-bond donors (Lipinski definition) is 1. The van der Waals surface area contributed by atoms with Gasteiger partial charge in [0.05, 0.1) is 9.10 Å². The fourth-order valence-corrected chi connectivity index (χ4v) is 2.23. The second kappa shape index (κ2) is 4.59. The van der Waals surface area contributed by atoms with Crippen molar-refractivity contribution in [2.75, 3.05) is 9.10 Å². The molecule has 48 valence electrons. The third-order valence-electron chi connectivity index (χ3n) is 0.600. The van der Waals surface area contributed by atoms with Gasteiger partial charge in [-0.15, -0.1) is 0 Å². The fourth-order valence-electron chi connectivity index (χ4n) is 0.150. The summed E-state index contributed by atoms with van der Waals surface area (Å²) in [7, 11) is 0. The van der Waals surface area contributed by atoms with Crippen molar-refractivity contribution in [1.29, 1.82) is 0 Å². The Kier molecular flexibility index (Phi) is 5.01. The van der Waals surface area contributed by atoms with Crippen molar-refractivity contribution < 1.29 is 4.79 Å². The lowest BCUT2D eigenvalue weighted by atomic mass is 10.9. The molecule has 0 saturated heterocycles. The average molecular weight is 340 g/mol. The smallest absolute Gasteiger partial charge is 0.316 e. The average Bonchev–Trinajstić information content (AvgIpc) is 1.69. The van der Waals surface area contributed by atoms with E-state index in [0.29, 0.717) is 9.10 Å². The Balaban J connectivity index is 3.52. The van der Waals surface area contributed by atoms with Gasteiger partial charge in [-0.2, -0.15) is 0 Å². The summed E-state index contributed by atoms with van der Waals surface area (Å²) in [5.74, 6) is 0. The third kappa shape index (κ3) is 2.90. The van der Waals surface area contributed by atoms with E-state index in [2.05, 4.69) is 45.2 Å². The summed E-state index contributed by atoms with van der Waals surface area (Å²) in [4.78, 5) is 11.8. The van der Waals surface area contributed by atoms with Gasteiger partial charge in [-0.25, -0.2) is 4.79 Å². The zero-order valence-electron chi connectivity index (χ0n) is 4.10. The van der Waals surface area contributed by atoms with Crippen LogP contribution in [0.3, 0.4) is 0 Å². The molecular weight excluding hydrogens is 334 g/mol. The Morgan fingerprint density at radius 1 is 1.50 bits per heavy atom. The Bertz CT molecular complexity index is 83.4. The highest BCUT2D eigenvalue weighted by molar-refractivity contribution is 14.1. The first-order chi connectivity index (χ1) is 3.72. The number of urea groups is 1. The largest absolute Gasteiger partial charge is 0.351 e. The number of nitrogens with two attached hydrogens (primary N) is 1. The molecule has 0 atom stereocenters. The van der Waals surface area contributed by atoms with Crippen molar-refractivity contribution in [2.24, 2.45) is 5.73 Å². The van der Waals surface area contributed by atoms with Gasteiger partial charge in [-0.3, -0.25) is 0 Å². The summed E-state index contributed by atoms with van der Waals surface area (Å²) in [6, 6.07) is -0.353. The highest BCUT2D eigenvalue weighted by Gasteiger charge is 2.02. The maximum absolute atomic E-state index is 10.3. The van der Waals surface area contributed by atoms with Crippen LogP contribution < -0.4 is 5.73 Å². The van der Waals surface area contributed by atoms with Crippen LogP contribution in [0.25, 0.3) is 0 Å². The number of primary amides is 1. The lowest BCUT2D eigenvalue weighted by molar-refractivity contribution is 0.225. The van der Waals surface area contributed by atoms with Gasteiger partial charge in [0.15, 0.2) is 0 Å². The zero-order chi connectivity index (χ0) is 6.57. The van der Waals surface area contributed by atoms with Gasteiger partial charge < -0.3 is 10.6 Å². The maximum Gasteiger partial charge on any atom is 0.316 e. The first kappa shape index (κ1) is 8.73. The number of halogens is 2. The molecule has 0 heterocycles. The van der Waals surface area contributed by atoms with Crippen LogP contribution in [0.4, 0.5) is 4.79 Å². The highest BCUT2D eigenvalue weighted by atomic mass is 127. The number of nitrogens with zero attached hydrogens (tertiary/aromatic N) is 1. The molecule has 0 aliphatic heterocycles. The van der Waals surface area contributed by atoms with Crippen LogP contribution >= 0.6 is 45.2 Å². The van der Waals surface area contributed by atoms with Gasteiger partial charge in [0, 0.05) is 0 Å². The van der Waals surface area contributed by atoms with Crippen molar-refractivity contribution in [2.45, 2.75) is 0 Å². The second-order valence-corrected chi connectivity index (χ2v) is 2.48. The lowest BCUT2D eigenvalue weighted by Crippen LogP contribution is -2.33. The summed E-state index contributed by atoms with van der Waals surface area (Å²) in [5.41, 5.74) is 4.94. The van der Waals surface area contributed by atoms with Gasteiger partial charge in [0.1, 0.15) is 0 Å². The second-order valence-electron chi connectivity index (χ2n) is 1.12. The van der Waals surface area contributed by atoms with Crippen LogP contribution in [0, 0.1) is 0 Å². The van der Waals surface area contributed by atoms with Crippen LogP contribution in [-0.4, -0.2) is 20.0 Å². The van der Waals surface area contributed by atoms with E-state index >= 15 is 0 Å². The molecule has 0 spiro atoms. The van der Waals surface area contributed by atoms with Gasteiger partial charge in [0.2, 0.25) is 0 Å². The summed E-state index contributed by atoms with van der Waals surface area (Å²) in [6.45, 7) is 0. The molecule has 8 heavy (non-hydrogen) atoms. The highest BCUT2D eigenvalue weighted by Crippen LogP contribution is 1.96. The van der Waals surface area contributed by atoms with Gasteiger partial charge in [-0.05, 0) is 0 Å². The standard InChI is InChI=1S/C3H6I2N2O/c4-1-7(2-5)3(6)8/h1-2H2,(H2,6,8). The first-order valence-electron chi connectivity index (χ1n) is 1.88. The molecule has 0 aliphatic rings. The predicted molar refractivity (Wildman–Crippen MR) is 49.2 cm³/mol. The number of rotatable bonds is 2. The van der Waals surface area contributed by atoms with Crippen molar-refractivity contribution in [3.05, 3.63) is 0 Å². The SMILES string of the molecule is NC(=O)N(CI)CI. The van der Waals surface area contributed by atoms with E-state index in [1.807, 2.05) is 0 Å². The molecule has 5 heteroatoms. The minimum Gasteiger partial charge on any atom is -0.351 e. The summed E-state index contributed by atoms with van der Waals surface area (Å²) >= 11 is 4.17. The normalized spacial score (nSPS) is 8.75. The molecule has 2 N–H and O–H groups in total. The third-order valence-corrected chi connectivity index (χ3v) is 2.25. The van der Waals surface area contributed by atoms with Crippen molar-refractivity contribution in [1.82, 2.24) is 4.90 Å². The molecule has 0 fully saturated rings. The molecule has 0 aromatic carbocycles. The van der Waals surface area contributed by atoms with Crippen LogP contribution in [0.15, 0.2) is 0 Å². The van der Waals surface area contributed by atoms with E-state index in [9.17, 15) is 4.79 Å². The van der Waals surface area contributed by atoms with Crippen LogP contribution in [0.1, 0.15) is 0 Å². The summed E-state index contributed by atoms with van der Waals surface area (Å²) < 4.78 is 1.33. The molecule has 0 rings (SSSR count). The van der Waals surface area contributed by atoms with Gasteiger partial charge in [0.25, 0.3) is 0 Å². The minimum absolute atomic E-state index is 0.353. The Labute approximate surface area is 75.3 Å². The van der Waals surface area contributed by atoms with E-state index < -0.39 is 0 Å². The zero-order valence-corrected chi connectivity index (χ0v) is 8.42. The lowest BCUT2D eigenvalue weighted by Gasteiger charge is -2.11.